The molecule has 1 rings (SSSR count). The van der Waals surface area contributed by atoms with Crippen LogP contribution in [0.25, 0.3) is 0 Å². The van der Waals surface area contributed by atoms with Crippen LogP contribution < -0.4 is 0 Å². The lowest BCUT2D eigenvalue weighted by Crippen LogP contribution is -2.16. The van der Waals surface area contributed by atoms with Gasteiger partial charge in [0.05, 0.1) is 17.9 Å². The molecule has 0 aliphatic carbocycles. The van der Waals surface area contributed by atoms with E-state index in [9.17, 15) is 9.18 Å². The topological polar surface area (TPSA) is 39.2 Å². The van der Waals surface area contributed by atoms with Gasteiger partial charge < -0.3 is 4.74 Å². The highest BCUT2D eigenvalue weighted by molar-refractivity contribution is 5.89. The molecule has 1 atom stereocenters. The van der Waals surface area contributed by atoms with Crippen molar-refractivity contribution in [2.24, 2.45) is 0 Å². The maximum atomic E-state index is 13.3. The van der Waals surface area contributed by atoms with Crippen molar-refractivity contribution in [3.05, 3.63) is 29.8 Å². The Morgan fingerprint density at radius 3 is 2.89 bits per heavy atom. The Labute approximate surface area is 107 Å². The number of aromatic nitrogens is 1. The highest BCUT2D eigenvalue weighted by Crippen LogP contribution is 2.12. The first-order valence-electron chi connectivity index (χ1n) is 6.45. The number of halogens is 1. The number of nitrogens with zero attached hydrogens (tertiary/aromatic N) is 1. The van der Waals surface area contributed by atoms with Gasteiger partial charge >= 0.3 is 5.97 Å². The lowest BCUT2D eigenvalue weighted by atomic mass is 10.1. The van der Waals surface area contributed by atoms with Gasteiger partial charge in [-0.3, -0.25) is 4.98 Å². The molecule has 0 saturated heterocycles. The molecule has 0 radical (unpaired) electrons. The summed E-state index contributed by atoms with van der Waals surface area (Å²) in [4.78, 5) is 15.3. The quantitative estimate of drug-likeness (QED) is 0.549. The van der Waals surface area contributed by atoms with Gasteiger partial charge in [-0.2, -0.15) is 0 Å². The first-order chi connectivity index (χ1) is 8.65. The molecule has 18 heavy (non-hydrogen) atoms. The number of pyridine rings is 1. The van der Waals surface area contributed by atoms with E-state index in [1.54, 1.807) is 0 Å². The smallest absolute Gasteiger partial charge is 0.341 e. The third-order valence-corrected chi connectivity index (χ3v) is 2.76. The van der Waals surface area contributed by atoms with Crippen LogP contribution in [0.2, 0.25) is 0 Å². The average Bonchev–Trinajstić information content (AvgIpc) is 2.35. The van der Waals surface area contributed by atoms with Crippen LogP contribution in [0.1, 0.15) is 56.3 Å². The fourth-order valence-corrected chi connectivity index (χ4v) is 1.70. The number of carbonyl (C=O) groups is 1. The standard InChI is InChI=1S/C14H20FNO2/c1-3-4-5-6-7-11(2)18-14(17)12-8-9-16-10-13(12)15/h8-11H,3-7H2,1-2H3. The third kappa shape index (κ3) is 4.82. The maximum Gasteiger partial charge on any atom is 0.341 e. The summed E-state index contributed by atoms with van der Waals surface area (Å²) in [5.41, 5.74) is -0.0505. The Morgan fingerprint density at radius 2 is 2.22 bits per heavy atom. The van der Waals surface area contributed by atoms with Gasteiger partial charge in [0.1, 0.15) is 0 Å². The molecule has 0 amide bonds. The van der Waals surface area contributed by atoms with E-state index in [1.807, 2.05) is 6.92 Å². The number of rotatable bonds is 7. The third-order valence-electron chi connectivity index (χ3n) is 2.76. The highest BCUT2D eigenvalue weighted by atomic mass is 19.1. The van der Waals surface area contributed by atoms with Crippen molar-refractivity contribution >= 4 is 5.97 Å². The molecule has 1 aromatic heterocycles. The van der Waals surface area contributed by atoms with Crippen LogP contribution >= 0.6 is 0 Å². The van der Waals surface area contributed by atoms with E-state index >= 15 is 0 Å². The molecule has 1 unspecified atom stereocenters. The van der Waals surface area contributed by atoms with Crippen LogP contribution in [-0.2, 0) is 4.74 Å². The van der Waals surface area contributed by atoms with Gasteiger partial charge in [0.25, 0.3) is 0 Å². The summed E-state index contributed by atoms with van der Waals surface area (Å²) < 4.78 is 18.5. The number of hydrogen-bond donors (Lipinski definition) is 0. The summed E-state index contributed by atoms with van der Waals surface area (Å²) in [5, 5.41) is 0. The zero-order valence-electron chi connectivity index (χ0n) is 11.0. The van der Waals surface area contributed by atoms with E-state index < -0.39 is 11.8 Å². The molecule has 3 nitrogen and oxygen atoms in total. The van der Waals surface area contributed by atoms with E-state index in [0.29, 0.717) is 0 Å². The minimum atomic E-state index is -0.638. The molecular weight excluding hydrogens is 233 g/mol. The average molecular weight is 253 g/mol. The normalized spacial score (nSPS) is 12.2. The van der Waals surface area contributed by atoms with Gasteiger partial charge in [-0.15, -0.1) is 0 Å². The molecule has 0 fully saturated rings. The van der Waals surface area contributed by atoms with Crippen molar-refractivity contribution in [2.75, 3.05) is 0 Å². The number of hydrogen-bond acceptors (Lipinski definition) is 3. The van der Waals surface area contributed by atoms with Crippen molar-refractivity contribution in [2.45, 2.75) is 52.1 Å². The number of esters is 1. The van der Waals surface area contributed by atoms with Gasteiger partial charge in [0.2, 0.25) is 0 Å². The molecule has 0 saturated carbocycles. The monoisotopic (exact) mass is 253 g/mol. The molecule has 0 aliphatic rings. The van der Waals surface area contributed by atoms with Crippen molar-refractivity contribution in [3.8, 4) is 0 Å². The van der Waals surface area contributed by atoms with Crippen molar-refractivity contribution in [3.63, 3.8) is 0 Å². The summed E-state index contributed by atoms with van der Waals surface area (Å²) in [6.07, 6.45) is 7.58. The Kier molecular flexibility index (Phi) is 6.33. The lowest BCUT2D eigenvalue weighted by molar-refractivity contribution is 0.0314. The predicted octanol–water partition coefficient (Wildman–Crippen LogP) is 3.74. The Balaban J connectivity index is 2.38. The summed E-state index contributed by atoms with van der Waals surface area (Å²) >= 11 is 0. The Morgan fingerprint density at radius 1 is 1.44 bits per heavy atom. The predicted molar refractivity (Wildman–Crippen MR) is 67.8 cm³/mol. The Hall–Kier alpha value is -1.45. The van der Waals surface area contributed by atoms with E-state index in [-0.39, 0.29) is 11.7 Å². The fourth-order valence-electron chi connectivity index (χ4n) is 1.70. The zero-order valence-corrected chi connectivity index (χ0v) is 11.0. The molecule has 0 N–H and O–H groups in total. The number of ether oxygens (including phenoxy) is 1. The first-order valence-corrected chi connectivity index (χ1v) is 6.45. The fraction of sp³-hybridized carbons (Fsp3) is 0.571. The van der Waals surface area contributed by atoms with Gasteiger partial charge in [0, 0.05) is 6.20 Å². The largest absolute Gasteiger partial charge is 0.459 e. The Bertz CT molecular complexity index is 382. The van der Waals surface area contributed by atoms with Gasteiger partial charge in [0.15, 0.2) is 5.82 Å². The van der Waals surface area contributed by atoms with Gasteiger partial charge in [-0.1, -0.05) is 26.2 Å². The second-order valence-electron chi connectivity index (χ2n) is 4.42. The van der Waals surface area contributed by atoms with Crippen LogP contribution in [-0.4, -0.2) is 17.1 Å². The maximum absolute atomic E-state index is 13.3. The molecular formula is C14H20FNO2. The second kappa shape index (κ2) is 7.80. The second-order valence-corrected chi connectivity index (χ2v) is 4.42. The lowest BCUT2D eigenvalue weighted by Gasteiger charge is -2.13. The molecule has 0 spiro atoms. The molecule has 0 aliphatic heterocycles. The zero-order chi connectivity index (χ0) is 13.4. The molecule has 4 heteroatoms. The number of unbranched alkanes of at least 4 members (excludes halogenated alkanes) is 3. The van der Waals surface area contributed by atoms with Crippen LogP contribution in [0, 0.1) is 5.82 Å². The minimum absolute atomic E-state index is 0.0505. The van der Waals surface area contributed by atoms with Crippen molar-refractivity contribution in [1.29, 1.82) is 0 Å². The van der Waals surface area contributed by atoms with Crippen molar-refractivity contribution < 1.29 is 13.9 Å². The van der Waals surface area contributed by atoms with Crippen molar-refractivity contribution in [1.82, 2.24) is 4.98 Å². The molecule has 1 aromatic rings. The van der Waals surface area contributed by atoms with Crippen LogP contribution in [0.4, 0.5) is 4.39 Å². The van der Waals surface area contributed by atoms with E-state index in [4.69, 9.17) is 4.74 Å². The first kappa shape index (κ1) is 14.6. The molecule has 0 aromatic carbocycles. The highest BCUT2D eigenvalue weighted by Gasteiger charge is 2.15. The molecule has 100 valence electrons. The SMILES string of the molecule is CCCCCCC(C)OC(=O)c1ccncc1F. The summed E-state index contributed by atoms with van der Waals surface area (Å²) in [6, 6.07) is 1.33. The van der Waals surface area contributed by atoms with Crippen LogP contribution in [0.5, 0.6) is 0 Å². The molecule has 0 bridgehead atoms. The van der Waals surface area contributed by atoms with E-state index in [2.05, 4.69) is 11.9 Å². The summed E-state index contributed by atoms with van der Waals surface area (Å²) in [6.45, 7) is 3.98. The number of carbonyl (C=O) groups excluding carboxylic acids is 1. The van der Waals surface area contributed by atoms with Crippen LogP contribution in [0.3, 0.4) is 0 Å². The van der Waals surface area contributed by atoms with E-state index in [1.165, 1.54) is 25.1 Å². The van der Waals surface area contributed by atoms with Crippen LogP contribution in [0.15, 0.2) is 18.5 Å². The van der Waals surface area contributed by atoms with E-state index in [0.717, 1.165) is 25.5 Å². The van der Waals surface area contributed by atoms with Gasteiger partial charge in [-0.05, 0) is 25.8 Å². The summed E-state index contributed by atoms with van der Waals surface area (Å²) in [5.74, 6) is -1.25. The van der Waals surface area contributed by atoms with Gasteiger partial charge in [-0.25, -0.2) is 9.18 Å². The minimum Gasteiger partial charge on any atom is -0.459 e. The summed E-state index contributed by atoms with van der Waals surface area (Å²) in [7, 11) is 0. The molecule has 1 heterocycles.